The lowest BCUT2D eigenvalue weighted by molar-refractivity contribution is 0.0876. The van der Waals surface area contributed by atoms with Gasteiger partial charge in [0, 0.05) is 59.7 Å². The highest BCUT2D eigenvalue weighted by Gasteiger charge is 2.53. The molecule has 2 aliphatic heterocycles. The molecule has 2 bridgehead atoms. The van der Waals surface area contributed by atoms with Crippen LogP contribution in [0.3, 0.4) is 0 Å². The second-order valence-electron chi connectivity index (χ2n) is 19.1. The number of nitrogens with zero attached hydrogens (tertiary/aromatic N) is 5. The number of halogens is 2. The summed E-state index contributed by atoms with van der Waals surface area (Å²) in [6, 6.07) is 21.4. The van der Waals surface area contributed by atoms with Gasteiger partial charge in [-0.25, -0.2) is 14.2 Å². The first kappa shape index (κ1) is 44.6. The van der Waals surface area contributed by atoms with E-state index in [-0.39, 0.29) is 39.0 Å². The number of pyridine rings is 1. The number of aryl methyl sites for hydroxylation is 1. The van der Waals surface area contributed by atoms with Gasteiger partial charge in [0.1, 0.15) is 22.8 Å². The van der Waals surface area contributed by atoms with Gasteiger partial charge < -0.3 is 34.0 Å². The number of methoxy groups -OCH3 is 2. The molecule has 63 heavy (non-hydrogen) atoms. The number of rotatable bonds is 15. The quantitative estimate of drug-likeness (QED) is 0.0974. The van der Waals surface area contributed by atoms with Crippen LogP contribution in [0.5, 0.6) is 17.5 Å². The van der Waals surface area contributed by atoms with E-state index >= 15 is 4.39 Å². The molecule has 0 radical (unpaired) electrons. The molecule has 4 heterocycles. The van der Waals surface area contributed by atoms with Gasteiger partial charge in [0.15, 0.2) is 14.1 Å². The largest absolute Gasteiger partial charge is 0.497 e. The maximum atomic E-state index is 15.9. The summed E-state index contributed by atoms with van der Waals surface area (Å²) in [6.45, 7) is 15.5. The minimum Gasteiger partial charge on any atom is -0.497 e. The average Bonchev–Trinajstić information content (AvgIpc) is 3.97. The normalized spacial score (nSPS) is 20.4. The third-order valence-corrected chi connectivity index (χ3v) is 18.3. The minimum atomic E-state index is -2.00. The van der Waals surface area contributed by atoms with Crippen LogP contribution in [-0.4, -0.2) is 85.4 Å². The number of aromatic nitrogens is 3. The number of benzene rings is 3. The number of hydrogen-bond acceptors (Lipinski definition) is 10. The van der Waals surface area contributed by atoms with Gasteiger partial charge in [-0.05, 0) is 110 Å². The summed E-state index contributed by atoms with van der Waals surface area (Å²) in [6.07, 6.45) is 1.38. The van der Waals surface area contributed by atoms with Crippen LogP contribution in [0, 0.1) is 18.2 Å². The Hall–Kier alpha value is -5.02. The Bertz CT molecular complexity index is 2420. The molecule has 8 rings (SSSR count). The molecular formula is C48H58ClFN6O6Si. The maximum absolute atomic E-state index is 15.9. The highest BCUT2D eigenvalue weighted by atomic mass is 35.5. The molecule has 2 N–H and O–H groups in total. The summed E-state index contributed by atoms with van der Waals surface area (Å²) in [4.78, 5) is 32.0. The van der Waals surface area contributed by atoms with Crippen LogP contribution >= 0.6 is 11.6 Å². The average molecular weight is 898 g/mol. The van der Waals surface area contributed by atoms with Crippen molar-refractivity contribution in [3.8, 4) is 17.5 Å². The maximum Gasteiger partial charge on any atom is 0.407 e. The summed E-state index contributed by atoms with van der Waals surface area (Å²) in [5, 5.41) is 15.1. The van der Waals surface area contributed by atoms with Crippen LogP contribution in [0.2, 0.25) is 23.2 Å². The summed E-state index contributed by atoms with van der Waals surface area (Å²) < 4.78 is 39.8. The SMILES string of the molecule is COc1ccc(CN(Cc2ccc(OC)cc2)c2cc(C)cc(C3CC4CNC(c5nc(OCC6(CO[Si](C)(C)C(C)(C)C)CC6)nc6c(F)cc(Cl)cc56)C3N4C(=O)O)n2)cc1. The first-order chi connectivity index (χ1) is 30.0. The second kappa shape index (κ2) is 17.5. The van der Waals surface area contributed by atoms with Crippen molar-refractivity contribution in [1.82, 2.24) is 25.2 Å². The van der Waals surface area contributed by atoms with Crippen LogP contribution in [0.4, 0.5) is 15.0 Å². The Morgan fingerprint density at radius 2 is 1.59 bits per heavy atom. The number of anilines is 1. The number of piperazine rings is 1. The van der Waals surface area contributed by atoms with Crippen LogP contribution in [0.15, 0.2) is 72.8 Å². The molecule has 5 aromatic rings. The molecule has 0 spiro atoms. The number of hydrogen-bond donors (Lipinski definition) is 2. The summed E-state index contributed by atoms with van der Waals surface area (Å²) >= 11 is 6.51. The van der Waals surface area contributed by atoms with Gasteiger partial charge in [-0.15, -0.1) is 0 Å². The highest BCUT2D eigenvalue weighted by Crippen LogP contribution is 2.50. The molecule has 4 unspecified atom stereocenters. The first-order valence-electron chi connectivity index (χ1n) is 21.6. The molecule has 1 amide bonds. The van der Waals surface area contributed by atoms with Crippen molar-refractivity contribution in [3.05, 3.63) is 112 Å². The summed E-state index contributed by atoms with van der Waals surface area (Å²) in [7, 11) is 1.30. The van der Waals surface area contributed by atoms with Crippen molar-refractivity contribution >= 4 is 42.7 Å². The third-order valence-electron chi connectivity index (χ3n) is 13.6. The van der Waals surface area contributed by atoms with Crippen molar-refractivity contribution in [2.45, 2.75) is 102 Å². The smallest absolute Gasteiger partial charge is 0.407 e. The number of carbonyl (C=O) groups is 1. The molecule has 1 saturated carbocycles. The Morgan fingerprint density at radius 1 is 0.952 bits per heavy atom. The Labute approximate surface area is 375 Å². The van der Waals surface area contributed by atoms with Crippen LogP contribution in [0.25, 0.3) is 10.9 Å². The molecule has 3 aromatic carbocycles. The fourth-order valence-corrected chi connectivity index (χ4v) is 9.97. The van der Waals surface area contributed by atoms with Gasteiger partial charge in [-0.3, -0.25) is 4.90 Å². The van der Waals surface area contributed by atoms with Gasteiger partial charge in [-0.1, -0.05) is 56.6 Å². The predicted octanol–water partition coefficient (Wildman–Crippen LogP) is 10.1. The summed E-state index contributed by atoms with van der Waals surface area (Å²) in [5.41, 5.74) is 4.21. The van der Waals surface area contributed by atoms with Gasteiger partial charge in [-0.2, -0.15) is 9.97 Å². The lowest BCUT2D eigenvalue weighted by atomic mass is 9.88. The molecule has 2 saturated heterocycles. The summed E-state index contributed by atoms with van der Waals surface area (Å²) in [5.74, 6) is 1.35. The molecule has 4 atom stereocenters. The van der Waals surface area contributed by atoms with E-state index in [1.54, 1.807) is 20.3 Å². The van der Waals surface area contributed by atoms with Crippen molar-refractivity contribution < 1.29 is 32.9 Å². The zero-order valence-corrected chi connectivity index (χ0v) is 39.1. The standard InChI is InChI=1S/C48H58ClFN6O6Si/c1-29-19-39(52-40(20-29)55(25-30-9-13-34(59-5)14-10-30)26-31-11-15-35(60-6)16-12-31)36-23-33-24-51-43(44(36)56(33)46(57)58)42-37-21-32(49)22-38(50)41(37)53-45(54-42)61-27-48(17-18-48)28-62-63(7,8)47(2,3)4/h9-16,19-22,33,36,43-44,51H,17-18,23-28H2,1-8H3,(H,57,58). The number of ether oxygens (including phenoxy) is 3. The zero-order chi connectivity index (χ0) is 44.8. The molecule has 334 valence electrons. The molecule has 2 aromatic heterocycles. The number of amides is 1. The van der Waals surface area contributed by atoms with E-state index in [9.17, 15) is 9.90 Å². The molecule has 1 aliphatic carbocycles. The van der Waals surface area contributed by atoms with Gasteiger partial charge in [0.25, 0.3) is 0 Å². The number of nitrogens with one attached hydrogen (secondary N) is 1. The van der Waals surface area contributed by atoms with E-state index in [0.29, 0.717) is 50.3 Å². The number of fused-ring (bicyclic) bond motifs is 3. The van der Waals surface area contributed by atoms with Crippen LogP contribution in [0.1, 0.15) is 80.1 Å². The lowest BCUT2D eigenvalue weighted by Crippen LogP contribution is -2.56. The lowest BCUT2D eigenvalue weighted by Gasteiger charge is -2.40. The van der Waals surface area contributed by atoms with E-state index < -0.39 is 32.3 Å². The molecule has 3 fully saturated rings. The molecule has 12 nitrogen and oxygen atoms in total. The third kappa shape index (κ3) is 9.45. The van der Waals surface area contributed by atoms with Gasteiger partial charge in [0.2, 0.25) is 0 Å². The van der Waals surface area contributed by atoms with Gasteiger partial charge >= 0.3 is 12.1 Å². The second-order valence-corrected chi connectivity index (χ2v) is 24.3. The van der Waals surface area contributed by atoms with Crippen LogP contribution in [-0.2, 0) is 17.5 Å². The topological polar surface area (TPSA) is 131 Å². The van der Waals surface area contributed by atoms with Crippen molar-refractivity contribution in [2.75, 3.05) is 38.9 Å². The highest BCUT2D eigenvalue weighted by molar-refractivity contribution is 6.74. The Kier molecular flexibility index (Phi) is 12.4. The monoisotopic (exact) mass is 896 g/mol. The number of carboxylic acid groups (broad SMARTS) is 1. The first-order valence-corrected chi connectivity index (χ1v) is 24.9. The predicted molar refractivity (Wildman–Crippen MR) is 245 cm³/mol. The van der Waals surface area contributed by atoms with Crippen molar-refractivity contribution in [1.29, 1.82) is 0 Å². The minimum absolute atomic E-state index is 0.0290. The molecule has 3 aliphatic rings. The van der Waals surface area contributed by atoms with Crippen molar-refractivity contribution in [3.63, 3.8) is 0 Å². The molecular weight excluding hydrogens is 839 g/mol. The van der Waals surface area contributed by atoms with E-state index in [1.807, 2.05) is 55.5 Å². The van der Waals surface area contributed by atoms with E-state index in [4.69, 9.17) is 40.2 Å². The van der Waals surface area contributed by atoms with E-state index in [0.717, 1.165) is 52.5 Å². The van der Waals surface area contributed by atoms with E-state index in [1.165, 1.54) is 11.0 Å². The Balaban J connectivity index is 1.15. The zero-order valence-electron chi connectivity index (χ0n) is 37.4. The Morgan fingerprint density at radius 3 is 2.16 bits per heavy atom. The fourth-order valence-electron chi connectivity index (χ4n) is 8.66. The van der Waals surface area contributed by atoms with Crippen LogP contribution < -0.4 is 24.4 Å². The molecule has 15 heteroatoms. The van der Waals surface area contributed by atoms with Gasteiger partial charge in [0.05, 0.1) is 38.6 Å². The van der Waals surface area contributed by atoms with Crippen molar-refractivity contribution in [2.24, 2.45) is 5.41 Å². The van der Waals surface area contributed by atoms with E-state index in [2.05, 4.69) is 61.2 Å². The fraction of sp³-hybridized carbons (Fsp3) is 0.458.